The SMILES string of the molecule is O=C(N[C@H](CO)Cc1ccccc1)c1cc([N+](=O)[O-])c[nH]1. The van der Waals surface area contributed by atoms with Gasteiger partial charge in [0.25, 0.3) is 11.6 Å². The summed E-state index contributed by atoms with van der Waals surface area (Å²) in [4.78, 5) is 24.5. The summed E-state index contributed by atoms with van der Waals surface area (Å²) in [5, 5.41) is 22.6. The van der Waals surface area contributed by atoms with Crippen LogP contribution in [0.15, 0.2) is 42.6 Å². The maximum Gasteiger partial charge on any atom is 0.287 e. The molecule has 0 aliphatic rings. The van der Waals surface area contributed by atoms with Crippen LogP contribution in [-0.2, 0) is 6.42 Å². The third-order valence-corrected chi connectivity index (χ3v) is 3.00. The number of benzene rings is 1. The molecule has 0 spiro atoms. The van der Waals surface area contributed by atoms with Crippen LogP contribution in [0, 0.1) is 10.1 Å². The average molecular weight is 289 g/mol. The predicted molar refractivity (Wildman–Crippen MR) is 75.9 cm³/mol. The van der Waals surface area contributed by atoms with Gasteiger partial charge in [-0.2, -0.15) is 0 Å². The zero-order valence-corrected chi connectivity index (χ0v) is 11.2. The van der Waals surface area contributed by atoms with Crippen molar-refractivity contribution in [1.82, 2.24) is 10.3 Å². The van der Waals surface area contributed by atoms with Crippen LogP contribution in [0.25, 0.3) is 0 Å². The second kappa shape index (κ2) is 6.67. The van der Waals surface area contributed by atoms with Crippen molar-refractivity contribution in [3.63, 3.8) is 0 Å². The Hall–Kier alpha value is -2.67. The van der Waals surface area contributed by atoms with Gasteiger partial charge in [-0.3, -0.25) is 14.9 Å². The highest BCUT2D eigenvalue weighted by Gasteiger charge is 2.17. The summed E-state index contributed by atoms with van der Waals surface area (Å²) >= 11 is 0. The summed E-state index contributed by atoms with van der Waals surface area (Å²) < 4.78 is 0. The molecule has 3 N–H and O–H groups in total. The van der Waals surface area contributed by atoms with Gasteiger partial charge in [-0.25, -0.2) is 0 Å². The lowest BCUT2D eigenvalue weighted by Gasteiger charge is -2.15. The number of nitro groups is 1. The van der Waals surface area contributed by atoms with E-state index in [1.807, 2.05) is 30.3 Å². The van der Waals surface area contributed by atoms with Crippen molar-refractivity contribution in [1.29, 1.82) is 0 Å². The minimum Gasteiger partial charge on any atom is -0.394 e. The van der Waals surface area contributed by atoms with Crippen LogP contribution in [0.1, 0.15) is 16.1 Å². The third-order valence-electron chi connectivity index (χ3n) is 3.00. The fourth-order valence-corrected chi connectivity index (χ4v) is 1.94. The van der Waals surface area contributed by atoms with E-state index >= 15 is 0 Å². The Morgan fingerprint density at radius 1 is 1.38 bits per heavy atom. The number of rotatable bonds is 6. The number of nitrogens with zero attached hydrogens (tertiary/aromatic N) is 1. The fraction of sp³-hybridized carbons (Fsp3) is 0.214. The largest absolute Gasteiger partial charge is 0.394 e. The number of carbonyl (C=O) groups is 1. The van der Waals surface area contributed by atoms with Gasteiger partial charge in [0.15, 0.2) is 0 Å². The quantitative estimate of drug-likeness (QED) is 0.549. The molecule has 7 nitrogen and oxygen atoms in total. The van der Waals surface area contributed by atoms with Crippen LogP contribution in [0.3, 0.4) is 0 Å². The smallest absolute Gasteiger partial charge is 0.287 e. The molecule has 2 aromatic rings. The Balaban J connectivity index is 2.00. The third kappa shape index (κ3) is 3.90. The van der Waals surface area contributed by atoms with Gasteiger partial charge in [0.05, 0.1) is 23.8 Å². The Labute approximate surface area is 120 Å². The van der Waals surface area contributed by atoms with Crippen LogP contribution >= 0.6 is 0 Å². The number of aromatic nitrogens is 1. The molecule has 1 atom stereocenters. The summed E-state index contributed by atoms with van der Waals surface area (Å²) in [7, 11) is 0. The molecule has 1 heterocycles. The summed E-state index contributed by atoms with van der Waals surface area (Å²) in [6.45, 7) is -0.219. The molecule has 0 bridgehead atoms. The number of aliphatic hydroxyl groups excluding tert-OH is 1. The van der Waals surface area contributed by atoms with E-state index in [0.29, 0.717) is 6.42 Å². The Morgan fingerprint density at radius 2 is 2.10 bits per heavy atom. The summed E-state index contributed by atoms with van der Waals surface area (Å²) in [6.07, 6.45) is 1.63. The van der Waals surface area contributed by atoms with E-state index in [1.54, 1.807) is 0 Å². The van der Waals surface area contributed by atoms with Gasteiger partial charge in [0, 0.05) is 6.07 Å². The highest BCUT2D eigenvalue weighted by atomic mass is 16.6. The average Bonchev–Trinajstić information content (AvgIpc) is 2.97. The molecular weight excluding hydrogens is 274 g/mol. The van der Waals surface area contributed by atoms with Gasteiger partial charge in [0.1, 0.15) is 5.69 Å². The minimum atomic E-state index is -0.583. The molecule has 0 radical (unpaired) electrons. The van der Waals surface area contributed by atoms with Crippen molar-refractivity contribution in [3.8, 4) is 0 Å². The number of aliphatic hydroxyl groups is 1. The van der Waals surface area contributed by atoms with Crippen molar-refractivity contribution >= 4 is 11.6 Å². The van der Waals surface area contributed by atoms with Gasteiger partial charge in [-0.05, 0) is 12.0 Å². The van der Waals surface area contributed by atoms with E-state index in [-0.39, 0.29) is 18.0 Å². The number of aromatic amines is 1. The number of carbonyl (C=O) groups excluding carboxylic acids is 1. The summed E-state index contributed by atoms with van der Waals surface area (Å²) in [5.74, 6) is -0.488. The molecule has 0 saturated carbocycles. The Kier molecular flexibility index (Phi) is 4.68. The molecule has 110 valence electrons. The van der Waals surface area contributed by atoms with Crippen molar-refractivity contribution in [3.05, 3.63) is 64.0 Å². The number of amides is 1. The van der Waals surface area contributed by atoms with Crippen molar-refractivity contribution in [2.75, 3.05) is 6.61 Å². The fourth-order valence-electron chi connectivity index (χ4n) is 1.94. The van der Waals surface area contributed by atoms with E-state index in [1.165, 1.54) is 0 Å². The van der Waals surface area contributed by atoms with E-state index in [2.05, 4.69) is 10.3 Å². The Morgan fingerprint density at radius 3 is 2.67 bits per heavy atom. The second-order valence-electron chi connectivity index (χ2n) is 4.57. The van der Waals surface area contributed by atoms with Crippen LogP contribution in [0.5, 0.6) is 0 Å². The lowest BCUT2D eigenvalue weighted by atomic mass is 10.1. The van der Waals surface area contributed by atoms with E-state index in [9.17, 15) is 20.0 Å². The zero-order chi connectivity index (χ0) is 15.2. The van der Waals surface area contributed by atoms with Gasteiger partial charge < -0.3 is 15.4 Å². The first-order chi connectivity index (χ1) is 10.1. The number of H-pyrrole nitrogens is 1. The Bertz CT molecular complexity index is 624. The van der Waals surface area contributed by atoms with E-state index < -0.39 is 16.9 Å². The van der Waals surface area contributed by atoms with Crippen LogP contribution in [0.2, 0.25) is 0 Å². The zero-order valence-electron chi connectivity index (χ0n) is 11.2. The molecule has 1 aromatic heterocycles. The van der Waals surface area contributed by atoms with Crippen molar-refractivity contribution in [2.24, 2.45) is 0 Å². The van der Waals surface area contributed by atoms with Gasteiger partial charge in [-0.15, -0.1) is 0 Å². The summed E-state index contributed by atoms with van der Waals surface area (Å²) in [5.41, 5.74) is 0.895. The first-order valence-corrected chi connectivity index (χ1v) is 6.38. The second-order valence-corrected chi connectivity index (χ2v) is 4.57. The molecular formula is C14H15N3O4. The van der Waals surface area contributed by atoms with Crippen molar-refractivity contribution < 1.29 is 14.8 Å². The molecule has 0 aliphatic carbocycles. The first kappa shape index (κ1) is 14.7. The standard InChI is InChI=1S/C14H15N3O4/c18-9-11(6-10-4-2-1-3-5-10)16-14(19)13-7-12(8-15-13)17(20)21/h1-5,7-8,11,15,18H,6,9H2,(H,16,19)/t11-/m0/s1. The van der Waals surface area contributed by atoms with Gasteiger partial charge in [0.2, 0.25) is 0 Å². The number of hydrogen-bond donors (Lipinski definition) is 3. The molecule has 0 aliphatic heterocycles. The van der Waals surface area contributed by atoms with E-state index in [0.717, 1.165) is 17.8 Å². The highest BCUT2D eigenvalue weighted by Crippen LogP contribution is 2.12. The van der Waals surface area contributed by atoms with E-state index in [4.69, 9.17) is 0 Å². The maximum absolute atomic E-state index is 12.0. The molecule has 1 amide bonds. The van der Waals surface area contributed by atoms with Gasteiger partial charge in [-0.1, -0.05) is 30.3 Å². The maximum atomic E-state index is 12.0. The normalized spacial score (nSPS) is 11.9. The monoisotopic (exact) mass is 289 g/mol. The molecule has 2 rings (SSSR count). The molecule has 0 saturated heterocycles. The molecule has 0 fully saturated rings. The number of hydrogen-bond acceptors (Lipinski definition) is 4. The van der Waals surface area contributed by atoms with Crippen molar-refractivity contribution in [2.45, 2.75) is 12.5 Å². The minimum absolute atomic E-state index is 0.0909. The molecule has 0 unspecified atom stereocenters. The topological polar surface area (TPSA) is 108 Å². The lowest BCUT2D eigenvalue weighted by molar-refractivity contribution is -0.384. The van der Waals surface area contributed by atoms with Gasteiger partial charge >= 0.3 is 0 Å². The molecule has 1 aromatic carbocycles. The lowest BCUT2D eigenvalue weighted by Crippen LogP contribution is -2.39. The van der Waals surface area contributed by atoms with Crippen LogP contribution in [0.4, 0.5) is 5.69 Å². The van der Waals surface area contributed by atoms with Crippen LogP contribution < -0.4 is 5.32 Å². The predicted octanol–water partition coefficient (Wildman–Crippen LogP) is 1.26. The summed E-state index contributed by atoms with van der Waals surface area (Å²) in [6, 6.07) is 10.1. The van der Waals surface area contributed by atoms with Crippen LogP contribution in [-0.4, -0.2) is 33.6 Å². The number of nitrogens with one attached hydrogen (secondary N) is 2. The molecule has 7 heteroatoms. The molecule has 21 heavy (non-hydrogen) atoms. The highest BCUT2D eigenvalue weighted by molar-refractivity contribution is 5.93. The first-order valence-electron chi connectivity index (χ1n) is 6.38.